The molecule has 1 N–H and O–H groups in total. The van der Waals surface area contributed by atoms with Crippen LogP contribution in [-0.2, 0) is 10.3 Å². The molecule has 1 aromatic heterocycles. The number of aromatic nitrogens is 1. The molecule has 2 bridgehead atoms. The summed E-state index contributed by atoms with van der Waals surface area (Å²) < 4.78 is 5.52. The van der Waals surface area contributed by atoms with Gasteiger partial charge in [0.1, 0.15) is 11.2 Å². The topological polar surface area (TPSA) is 62.7 Å². The molecule has 1 amide bonds. The average Bonchev–Trinajstić information content (AvgIpc) is 2.70. The van der Waals surface area contributed by atoms with E-state index in [4.69, 9.17) is 16.3 Å². The van der Waals surface area contributed by atoms with Gasteiger partial charge in [0.2, 0.25) is 0 Å². The molecule has 0 radical (unpaired) electrons. The number of nitrogens with zero attached hydrogens (tertiary/aromatic N) is 2. The van der Waals surface area contributed by atoms with E-state index in [1.807, 2.05) is 20.8 Å². The van der Waals surface area contributed by atoms with Crippen LogP contribution >= 0.6 is 11.6 Å². The number of pyridine rings is 1. The smallest absolute Gasteiger partial charge is 0.410 e. The number of ether oxygens (including phenoxy) is 1. The fourth-order valence-electron chi connectivity index (χ4n) is 3.76. The van der Waals surface area contributed by atoms with E-state index in [1.54, 1.807) is 23.2 Å². The quantitative estimate of drug-likeness (QED) is 0.851. The normalized spacial score (nSPS) is 30.4. The van der Waals surface area contributed by atoms with Gasteiger partial charge in [0.05, 0.1) is 10.7 Å². The Morgan fingerprint density at radius 2 is 2.00 bits per heavy atom. The van der Waals surface area contributed by atoms with Gasteiger partial charge < -0.3 is 14.7 Å². The third kappa shape index (κ3) is 3.17. The van der Waals surface area contributed by atoms with Crippen molar-refractivity contribution in [3.05, 3.63) is 29.0 Å². The summed E-state index contributed by atoms with van der Waals surface area (Å²) in [5.41, 5.74) is -1.08. The molecule has 6 heteroatoms. The third-order valence-electron chi connectivity index (χ3n) is 4.57. The van der Waals surface area contributed by atoms with Crippen LogP contribution in [0, 0.1) is 0 Å². The summed E-state index contributed by atoms with van der Waals surface area (Å²) in [7, 11) is 0. The number of hydrogen-bond donors (Lipinski definition) is 1. The standard InChI is InChI=1S/C17H23ClN2O3/c1-16(2,3)23-15(21)20-11-6-7-12(20)10-17(22,9-11)14-13(18)5-4-8-19-14/h4-5,8,11-12,22H,6-7,9-10H2,1-3H3. The summed E-state index contributed by atoms with van der Waals surface area (Å²) in [5, 5.41) is 11.6. The Morgan fingerprint density at radius 3 is 2.52 bits per heavy atom. The maximum absolute atomic E-state index is 12.5. The van der Waals surface area contributed by atoms with Gasteiger partial charge in [-0.25, -0.2) is 4.79 Å². The lowest BCUT2D eigenvalue weighted by molar-refractivity contribution is -0.0646. The molecule has 2 atom stereocenters. The number of carbonyl (C=O) groups excluding carboxylic acids is 1. The van der Waals surface area contributed by atoms with E-state index in [9.17, 15) is 9.90 Å². The highest BCUT2D eigenvalue weighted by Crippen LogP contribution is 2.46. The van der Waals surface area contributed by atoms with Crippen molar-refractivity contribution in [2.45, 2.75) is 69.7 Å². The van der Waals surface area contributed by atoms with E-state index >= 15 is 0 Å². The van der Waals surface area contributed by atoms with Crippen LogP contribution in [0.5, 0.6) is 0 Å². The number of amides is 1. The Hall–Kier alpha value is -1.33. The minimum absolute atomic E-state index is 0.0355. The van der Waals surface area contributed by atoms with Crippen LogP contribution in [0.3, 0.4) is 0 Å². The molecule has 126 valence electrons. The summed E-state index contributed by atoms with van der Waals surface area (Å²) in [6.45, 7) is 5.59. The summed E-state index contributed by atoms with van der Waals surface area (Å²) in [4.78, 5) is 18.6. The maximum atomic E-state index is 12.5. The van der Waals surface area contributed by atoms with Crippen molar-refractivity contribution in [3.63, 3.8) is 0 Å². The predicted octanol–water partition coefficient (Wildman–Crippen LogP) is 3.48. The van der Waals surface area contributed by atoms with Gasteiger partial charge in [0.25, 0.3) is 0 Å². The van der Waals surface area contributed by atoms with E-state index in [1.165, 1.54) is 0 Å². The number of rotatable bonds is 1. The molecule has 0 aromatic carbocycles. The zero-order valence-corrected chi connectivity index (χ0v) is 14.5. The van der Waals surface area contributed by atoms with Crippen molar-refractivity contribution < 1.29 is 14.6 Å². The van der Waals surface area contributed by atoms with Crippen LogP contribution in [0.1, 0.15) is 52.1 Å². The summed E-state index contributed by atoms with van der Waals surface area (Å²) in [6.07, 6.45) is 3.98. The highest BCUT2D eigenvalue weighted by Gasteiger charge is 2.52. The number of fused-ring (bicyclic) bond motifs is 2. The number of piperidine rings is 1. The summed E-state index contributed by atoms with van der Waals surface area (Å²) in [5.74, 6) is 0. The van der Waals surface area contributed by atoms with Gasteiger partial charge in [0.15, 0.2) is 0 Å². The number of halogens is 1. The van der Waals surface area contributed by atoms with E-state index in [0.717, 1.165) is 12.8 Å². The Labute approximate surface area is 141 Å². The molecule has 0 spiro atoms. The molecule has 0 saturated carbocycles. The van der Waals surface area contributed by atoms with Gasteiger partial charge >= 0.3 is 6.09 Å². The van der Waals surface area contributed by atoms with E-state index in [2.05, 4.69) is 4.98 Å². The Morgan fingerprint density at radius 1 is 1.39 bits per heavy atom. The molecule has 1 aromatic rings. The first-order valence-corrected chi connectivity index (χ1v) is 8.42. The van der Waals surface area contributed by atoms with Crippen LogP contribution in [0.2, 0.25) is 5.02 Å². The molecular weight excluding hydrogens is 316 g/mol. The minimum atomic E-state index is -1.08. The second-order valence-electron chi connectivity index (χ2n) is 7.55. The average molecular weight is 339 g/mol. The van der Waals surface area contributed by atoms with Crippen LogP contribution in [-0.4, -0.2) is 38.8 Å². The van der Waals surface area contributed by atoms with Crippen LogP contribution in [0.15, 0.2) is 18.3 Å². The second-order valence-corrected chi connectivity index (χ2v) is 7.95. The van der Waals surface area contributed by atoms with Crippen LogP contribution < -0.4 is 0 Å². The molecule has 3 rings (SSSR count). The first-order valence-electron chi connectivity index (χ1n) is 8.04. The van der Waals surface area contributed by atoms with E-state index < -0.39 is 11.2 Å². The predicted molar refractivity (Wildman–Crippen MR) is 87.3 cm³/mol. The molecule has 0 aliphatic carbocycles. The minimum Gasteiger partial charge on any atom is -0.444 e. The fraction of sp³-hybridized carbons (Fsp3) is 0.647. The van der Waals surface area contributed by atoms with Crippen molar-refractivity contribution in [1.29, 1.82) is 0 Å². The molecule has 2 unspecified atom stereocenters. The van der Waals surface area contributed by atoms with Crippen molar-refractivity contribution in [2.24, 2.45) is 0 Å². The molecule has 2 saturated heterocycles. The van der Waals surface area contributed by atoms with Gasteiger partial charge in [-0.3, -0.25) is 4.98 Å². The van der Waals surface area contributed by atoms with E-state index in [-0.39, 0.29) is 18.2 Å². The zero-order chi connectivity index (χ0) is 16.8. The molecular formula is C17H23ClN2O3. The second kappa shape index (κ2) is 5.64. The number of carbonyl (C=O) groups is 1. The molecule has 2 aliphatic rings. The Bertz CT molecular complexity index is 600. The molecule has 23 heavy (non-hydrogen) atoms. The van der Waals surface area contributed by atoms with Gasteiger partial charge in [0, 0.05) is 31.1 Å². The van der Waals surface area contributed by atoms with Crippen molar-refractivity contribution in [3.8, 4) is 0 Å². The van der Waals surface area contributed by atoms with Crippen molar-refractivity contribution >= 4 is 17.7 Å². The number of hydrogen-bond acceptors (Lipinski definition) is 4. The highest BCUT2D eigenvalue weighted by atomic mass is 35.5. The van der Waals surface area contributed by atoms with Crippen LogP contribution in [0.25, 0.3) is 0 Å². The summed E-state index contributed by atoms with van der Waals surface area (Å²) in [6, 6.07) is 3.42. The largest absolute Gasteiger partial charge is 0.444 e. The first-order chi connectivity index (χ1) is 10.7. The molecule has 2 aliphatic heterocycles. The van der Waals surface area contributed by atoms with Crippen molar-refractivity contribution in [2.75, 3.05) is 0 Å². The fourth-order valence-corrected chi connectivity index (χ4v) is 4.06. The van der Waals surface area contributed by atoms with E-state index in [0.29, 0.717) is 23.6 Å². The zero-order valence-electron chi connectivity index (χ0n) is 13.8. The van der Waals surface area contributed by atoms with Gasteiger partial charge in [-0.15, -0.1) is 0 Å². The summed E-state index contributed by atoms with van der Waals surface area (Å²) >= 11 is 6.22. The third-order valence-corrected chi connectivity index (χ3v) is 4.88. The Balaban J connectivity index is 1.82. The van der Waals surface area contributed by atoms with Crippen LogP contribution in [0.4, 0.5) is 4.79 Å². The van der Waals surface area contributed by atoms with Crippen molar-refractivity contribution in [1.82, 2.24) is 9.88 Å². The van der Waals surface area contributed by atoms with Gasteiger partial charge in [-0.05, 0) is 45.7 Å². The lowest BCUT2D eigenvalue weighted by atomic mass is 9.83. The maximum Gasteiger partial charge on any atom is 0.410 e. The lowest BCUT2D eigenvalue weighted by Gasteiger charge is -2.43. The number of aliphatic hydroxyl groups is 1. The Kier molecular flexibility index (Phi) is 4.05. The SMILES string of the molecule is CC(C)(C)OC(=O)N1C2CCC1CC(O)(c1ncccc1Cl)C2. The van der Waals surface area contributed by atoms with Gasteiger partial charge in [-0.2, -0.15) is 0 Å². The monoisotopic (exact) mass is 338 g/mol. The molecule has 3 heterocycles. The first kappa shape index (κ1) is 16.5. The highest BCUT2D eigenvalue weighted by molar-refractivity contribution is 6.31. The lowest BCUT2D eigenvalue weighted by Crippen LogP contribution is -2.53. The van der Waals surface area contributed by atoms with Gasteiger partial charge in [-0.1, -0.05) is 11.6 Å². The molecule has 2 fully saturated rings. The molecule has 5 nitrogen and oxygen atoms in total.